The van der Waals surface area contributed by atoms with Gasteiger partial charge >= 0.3 is 0 Å². The number of carbonyl (C=O) groups excluding carboxylic acids is 1. The lowest BCUT2D eigenvalue weighted by atomic mass is 10.0. The highest BCUT2D eigenvalue weighted by Gasteiger charge is 2.30. The molecule has 0 radical (unpaired) electrons. The van der Waals surface area contributed by atoms with Gasteiger partial charge in [-0.1, -0.05) is 0 Å². The molecule has 2 aliphatic rings. The first kappa shape index (κ1) is 18.8. The van der Waals surface area contributed by atoms with Crippen LogP contribution in [0.4, 0.5) is 5.69 Å². The van der Waals surface area contributed by atoms with Gasteiger partial charge in [-0.3, -0.25) is 9.59 Å². The minimum Gasteiger partial charge on any atom is -0.307 e. The van der Waals surface area contributed by atoms with Gasteiger partial charge in [0.2, 0.25) is 10.0 Å². The number of hydrogen-bond donors (Lipinski definition) is 0. The predicted octanol–water partition coefficient (Wildman–Crippen LogP) is 1.16. The fourth-order valence-electron chi connectivity index (χ4n) is 3.78. The number of benzene rings is 1. The maximum atomic E-state index is 12.9. The van der Waals surface area contributed by atoms with Crippen molar-refractivity contribution in [3.63, 3.8) is 0 Å². The lowest BCUT2D eigenvalue weighted by Gasteiger charge is -2.30. The average molecular weight is 402 g/mol. The van der Waals surface area contributed by atoms with Crippen LogP contribution in [0.1, 0.15) is 35.3 Å². The summed E-state index contributed by atoms with van der Waals surface area (Å²) in [5.74, 6) is -0.299. The van der Waals surface area contributed by atoms with Crippen molar-refractivity contribution in [2.45, 2.75) is 30.6 Å². The summed E-state index contributed by atoms with van der Waals surface area (Å²) in [5, 5.41) is 4.04. The monoisotopic (exact) mass is 402 g/mol. The van der Waals surface area contributed by atoms with Crippen molar-refractivity contribution in [3.05, 3.63) is 51.9 Å². The van der Waals surface area contributed by atoms with Gasteiger partial charge in [-0.15, -0.1) is 0 Å². The maximum Gasteiger partial charge on any atom is 0.278 e. The van der Waals surface area contributed by atoms with Gasteiger partial charge in [-0.2, -0.15) is 9.40 Å². The van der Waals surface area contributed by atoms with Gasteiger partial charge < -0.3 is 4.90 Å². The topological polar surface area (TPSA) is 92.6 Å². The Morgan fingerprint density at radius 2 is 1.79 bits per heavy atom. The third kappa shape index (κ3) is 3.24. The number of carbonyl (C=O) groups is 1. The van der Waals surface area contributed by atoms with Crippen LogP contribution in [0, 0.1) is 0 Å². The van der Waals surface area contributed by atoms with E-state index in [9.17, 15) is 18.0 Å². The number of amides is 1. The minimum absolute atomic E-state index is 0.184. The summed E-state index contributed by atoms with van der Waals surface area (Å²) in [6.07, 6.45) is 3.22. The SMILES string of the molecule is Cn1nc(C(=O)N2CCCc3cc(S(=O)(=O)N4CCCC4)ccc32)ccc1=O. The Morgan fingerprint density at radius 3 is 2.50 bits per heavy atom. The first-order valence-corrected chi connectivity index (χ1v) is 10.8. The van der Waals surface area contributed by atoms with E-state index >= 15 is 0 Å². The Kier molecular flexibility index (Phi) is 4.80. The standard InChI is InChI=1S/C19H22N4O4S/c1-21-18(24)9-7-16(20-21)19(25)23-12-4-5-14-13-15(6-8-17(14)23)28(26,27)22-10-2-3-11-22/h6-9,13H,2-5,10-12H2,1H3. The van der Waals surface area contributed by atoms with Crippen LogP contribution in [-0.2, 0) is 23.5 Å². The quantitative estimate of drug-likeness (QED) is 0.768. The van der Waals surface area contributed by atoms with E-state index in [1.807, 2.05) is 0 Å². The van der Waals surface area contributed by atoms with E-state index in [4.69, 9.17) is 0 Å². The van der Waals surface area contributed by atoms with Crippen molar-refractivity contribution in [1.82, 2.24) is 14.1 Å². The lowest BCUT2D eigenvalue weighted by molar-refractivity contribution is 0.0978. The van der Waals surface area contributed by atoms with E-state index in [0.29, 0.717) is 31.7 Å². The van der Waals surface area contributed by atoms with E-state index < -0.39 is 10.0 Å². The van der Waals surface area contributed by atoms with Crippen molar-refractivity contribution >= 4 is 21.6 Å². The molecular formula is C19H22N4O4S. The summed E-state index contributed by atoms with van der Waals surface area (Å²) in [5.41, 5.74) is 1.44. The number of anilines is 1. The fraction of sp³-hybridized carbons (Fsp3) is 0.421. The molecule has 9 heteroatoms. The number of rotatable bonds is 3. The van der Waals surface area contributed by atoms with Crippen LogP contribution in [0.3, 0.4) is 0 Å². The zero-order valence-electron chi connectivity index (χ0n) is 15.7. The zero-order valence-corrected chi connectivity index (χ0v) is 16.5. The molecule has 1 aromatic carbocycles. The normalized spacial score (nSPS) is 17.5. The lowest BCUT2D eigenvalue weighted by Crippen LogP contribution is -2.37. The number of hydrogen-bond acceptors (Lipinski definition) is 5. The Morgan fingerprint density at radius 1 is 1.04 bits per heavy atom. The van der Waals surface area contributed by atoms with E-state index in [-0.39, 0.29) is 22.1 Å². The average Bonchev–Trinajstić information content (AvgIpc) is 3.24. The molecule has 0 bridgehead atoms. The van der Waals surface area contributed by atoms with Crippen molar-refractivity contribution in [2.24, 2.45) is 7.05 Å². The number of aromatic nitrogens is 2. The molecule has 1 fully saturated rings. The number of aryl methyl sites for hydroxylation is 2. The van der Waals surface area contributed by atoms with Crippen molar-refractivity contribution in [3.8, 4) is 0 Å². The molecule has 0 N–H and O–H groups in total. The number of fused-ring (bicyclic) bond motifs is 1. The van der Waals surface area contributed by atoms with Gasteiger partial charge in [0.15, 0.2) is 0 Å². The Labute approximate surface area is 163 Å². The molecule has 4 rings (SSSR count). The molecule has 0 atom stereocenters. The van der Waals surface area contributed by atoms with Crippen LogP contribution in [0.25, 0.3) is 0 Å². The summed E-state index contributed by atoms with van der Waals surface area (Å²) in [7, 11) is -1.99. The molecule has 0 unspecified atom stereocenters. The summed E-state index contributed by atoms with van der Waals surface area (Å²) in [6, 6.07) is 7.71. The summed E-state index contributed by atoms with van der Waals surface area (Å²) in [4.78, 5) is 26.4. The third-order valence-electron chi connectivity index (χ3n) is 5.30. The van der Waals surface area contributed by atoms with Crippen LogP contribution >= 0.6 is 0 Å². The minimum atomic E-state index is -3.49. The van der Waals surface area contributed by atoms with Crippen molar-refractivity contribution < 1.29 is 13.2 Å². The predicted molar refractivity (Wildman–Crippen MR) is 104 cm³/mol. The molecule has 0 aliphatic carbocycles. The molecule has 3 heterocycles. The van der Waals surface area contributed by atoms with Crippen LogP contribution < -0.4 is 10.5 Å². The van der Waals surface area contributed by atoms with Gasteiger partial charge in [0.05, 0.1) is 4.90 Å². The van der Waals surface area contributed by atoms with Crippen molar-refractivity contribution in [1.29, 1.82) is 0 Å². The molecule has 2 aromatic rings. The van der Waals surface area contributed by atoms with E-state index in [2.05, 4.69) is 5.10 Å². The van der Waals surface area contributed by atoms with Gasteiger partial charge in [-0.05, 0) is 55.5 Å². The second kappa shape index (κ2) is 7.14. The smallest absolute Gasteiger partial charge is 0.278 e. The Bertz CT molecular complexity index is 1090. The summed E-state index contributed by atoms with van der Waals surface area (Å²) < 4.78 is 28.3. The number of nitrogens with zero attached hydrogens (tertiary/aromatic N) is 4. The molecule has 28 heavy (non-hydrogen) atoms. The van der Waals surface area contributed by atoms with E-state index in [0.717, 1.165) is 29.5 Å². The largest absolute Gasteiger partial charge is 0.307 e. The van der Waals surface area contributed by atoms with Crippen molar-refractivity contribution in [2.75, 3.05) is 24.5 Å². The second-order valence-electron chi connectivity index (χ2n) is 7.14. The second-order valence-corrected chi connectivity index (χ2v) is 9.08. The van der Waals surface area contributed by atoms with E-state index in [1.54, 1.807) is 23.1 Å². The highest BCUT2D eigenvalue weighted by Crippen LogP contribution is 2.32. The van der Waals surface area contributed by atoms with E-state index in [1.165, 1.54) is 23.5 Å². The van der Waals surface area contributed by atoms with Gasteiger partial charge in [-0.25, -0.2) is 13.1 Å². The molecule has 1 amide bonds. The van der Waals surface area contributed by atoms with Crippen LogP contribution in [0.5, 0.6) is 0 Å². The molecule has 0 saturated carbocycles. The Hall–Kier alpha value is -2.52. The highest BCUT2D eigenvalue weighted by atomic mass is 32.2. The molecule has 2 aliphatic heterocycles. The zero-order chi connectivity index (χ0) is 19.9. The molecule has 1 saturated heterocycles. The van der Waals surface area contributed by atoms with Gasteiger partial charge in [0, 0.05) is 38.4 Å². The fourth-order valence-corrected chi connectivity index (χ4v) is 5.35. The van der Waals surface area contributed by atoms with Gasteiger partial charge in [0.25, 0.3) is 11.5 Å². The maximum absolute atomic E-state index is 12.9. The van der Waals surface area contributed by atoms with Gasteiger partial charge in [0.1, 0.15) is 5.69 Å². The highest BCUT2D eigenvalue weighted by molar-refractivity contribution is 7.89. The molecule has 148 valence electrons. The number of sulfonamides is 1. The summed E-state index contributed by atoms with van der Waals surface area (Å²) in [6.45, 7) is 1.64. The first-order chi connectivity index (χ1) is 13.4. The van der Waals surface area contributed by atoms with Crippen LogP contribution in [-0.4, -0.2) is 48.0 Å². The van der Waals surface area contributed by atoms with Crippen LogP contribution in [0.2, 0.25) is 0 Å². The van der Waals surface area contributed by atoms with Crippen LogP contribution in [0.15, 0.2) is 40.0 Å². The first-order valence-electron chi connectivity index (χ1n) is 9.37. The Balaban J connectivity index is 1.67. The third-order valence-corrected chi connectivity index (χ3v) is 7.19. The molecular weight excluding hydrogens is 380 g/mol. The summed E-state index contributed by atoms with van der Waals surface area (Å²) >= 11 is 0. The molecule has 8 nitrogen and oxygen atoms in total. The molecule has 0 spiro atoms. The molecule has 1 aromatic heterocycles.